The van der Waals surface area contributed by atoms with E-state index in [1.165, 1.54) is 9.80 Å². The molecule has 2 saturated heterocycles. The minimum atomic E-state index is -1.09. The second-order valence-corrected chi connectivity index (χ2v) is 7.07. The van der Waals surface area contributed by atoms with Gasteiger partial charge in [0.25, 0.3) is 0 Å². The van der Waals surface area contributed by atoms with Gasteiger partial charge in [-0.3, -0.25) is 9.69 Å². The lowest BCUT2D eigenvalue weighted by Crippen LogP contribution is -2.78. The minimum Gasteiger partial charge on any atom is -0.447 e. The van der Waals surface area contributed by atoms with Crippen molar-refractivity contribution in [3.8, 4) is 0 Å². The van der Waals surface area contributed by atoms with Crippen molar-refractivity contribution in [2.75, 3.05) is 6.61 Å². The molecule has 27 heavy (non-hydrogen) atoms. The van der Waals surface area contributed by atoms with Crippen molar-refractivity contribution in [2.24, 2.45) is 0 Å². The molecule has 0 saturated carbocycles. The second-order valence-electron chi connectivity index (χ2n) is 7.07. The summed E-state index contributed by atoms with van der Waals surface area (Å²) >= 11 is 0. The molecule has 6 heteroatoms. The average molecular weight is 364 g/mol. The van der Waals surface area contributed by atoms with E-state index in [4.69, 9.17) is 4.74 Å². The van der Waals surface area contributed by atoms with Crippen LogP contribution >= 0.6 is 0 Å². The fraction of sp³-hybridized carbons (Fsp3) is 0.286. The van der Waals surface area contributed by atoms with E-state index < -0.39 is 17.7 Å². The van der Waals surface area contributed by atoms with Gasteiger partial charge in [-0.25, -0.2) is 4.79 Å². The van der Waals surface area contributed by atoms with E-state index in [1.807, 2.05) is 60.7 Å². The van der Waals surface area contributed by atoms with E-state index in [-0.39, 0.29) is 18.6 Å². The number of carbonyl (C=O) groups is 3. The summed E-state index contributed by atoms with van der Waals surface area (Å²) in [5.74, 6) is -0.242. The molecule has 2 aromatic carbocycles. The summed E-state index contributed by atoms with van der Waals surface area (Å²) in [5, 5.41) is 0. The van der Waals surface area contributed by atoms with Gasteiger partial charge in [0, 0.05) is 6.54 Å². The van der Waals surface area contributed by atoms with Gasteiger partial charge in [0.15, 0.2) is 0 Å². The maximum atomic E-state index is 13.0. The summed E-state index contributed by atoms with van der Waals surface area (Å²) in [6.45, 7) is 2.19. The third kappa shape index (κ3) is 2.68. The number of rotatable bonds is 5. The van der Waals surface area contributed by atoms with Crippen molar-refractivity contribution in [3.05, 3.63) is 71.8 Å². The topological polar surface area (TPSA) is 66.9 Å². The van der Waals surface area contributed by atoms with Crippen LogP contribution in [0.15, 0.2) is 60.7 Å². The van der Waals surface area contributed by atoms with Crippen molar-refractivity contribution in [2.45, 2.75) is 31.1 Å². The maximum absolute atomic E-state index is 13.0. The number of amides is 2. The second kappa shape index (κ2) is 6.54. The van der Waals surface area contributed by atoms with Crippen molar-refractivity contribution < 1.29 is 19.1 Å². The highest BCUT2D eigenvalue weighted by atomic mass is 16.6. The van der Waals surface area contributed by atoms with Crippen LogP contribution in [0.3, 0.4) is 0 Å². The van der Waals surface area contributed by atoms with Crippen LogP contribution in [0.5, 0.6) is 0 Å². The number of hydrogen-bond acceptors (Lipinski definition) is 4. The van der Waals surface area contributed by atoms with Crippen LogP contribution in [0.25, 0.3) is 0 Å². The Bertz CT molecular complexity index is 870. The number of β-lactam (4-membered cyclic amide) rings is 1. The molecule has 4 rings (SSSR count). The zero-order valence-electron chi connectivity index (χ0n) is 14.9. The highest BCUT2D eigenvalue weighted by Crippen LogP contribution is 2.42. The Morgan fingerprint density at radius 3 is 2.33 bits per heavy atom. The fourth-order valence-corrected chi connectivity index (χ4v) is 3.91. The molecule has 0 radical (unpaired) electrons. The van der Waals surface area contributed by atoms with Gasteiger partial charge in [0.05, 0.1) is 6.04 Å². The van der Waals surface area contributed by atoms with E-state index in [2.05, 4.69) is 0 Å². The predicted molar refractivity (Wildman–Crippen MR) is 97.6 cm³/mol. The van der Waals surface area contributed by atoms with Gasteiger partial charge in [-0.15, -0.1) is 0 Å². The van der Waals surface area contributed by atoms with Crippen LogP contribution in [0.2, 0.25) is 0 Å². The van der Waals surface area contributed by atoms with Crippen LogP contribution < -0.4 is 0 Å². The fourth-order valence-electron chi connectivity index (χ4n) is 3.91. The number of aldehydes is 1. The molecule has 2 heterocycles. The van der Waals surface area contributed by atoms with Crippen LogP contribution in [-0.4, -0.2) is 46.3 Å². The standard InChI is InChI=1S/C21H20N2O4/c1-21(14-24)18(19(25)22(21)12-15-8-4-2-5-9-15)23-17(13-27-20(23)26)16-10-6-3-7-11-16/h2-11,14,17-18H,12-13H2,1H3/t17-,18-,21-/m1/s1. The SMILES string of the molecule is C[C@@]1(C=O)[C@H](N2C(=O)OC[C@@H]2c2ccccc2)C(=O)N1Cc1ccccc1. The molecule has 6 nitrogen and oxygen atoms in total. The first kappa shape index (κ1) is 17.3. The Morgan fingerprint density at radius 1 is 1.07 bits per heavy atom. The van der Waals surface area contributed by atoms with Gasteiger partial charge in [0.1, 0.15) is 24.5 Å². The monoisotopic (exact) mass is 364 g/mol. The lowest BCUT2D eigenvalue weighted by molar-refractivity contribution is -0.174. The number of likely N-dealkylation sites (tertiary alicyclic amines) is 1. The number of benzene rings is 2. The quantitative estimate of drug-likeness (QED) is 0.604. The van der Waals surface area contributed by atoms with E-state index in [0.29, 0.717) is 6.54 Å². The number of ether oxygens (including phenoxy) is 1. The zero-order chi connectivity index (χ0) is 19.0. The minimum absolute atomic E-state index is 0.167. The van der Waals surface area contributed by atoms with E-state index >= 15 is 0 Å². The summed E-state index contributed by atoms with van der Waals surface area (Å²) in [4.78, 5) is 40.3. The molecule has 0 aliphatic carbocycles. The highest BCUT2D eigenvalue weighted by molar-refractivity contribution is 6.01. The molecule has 0 unspecified atom stereocenters. The first-order valence-electron chi connectivity index (χ1n) is 8.88. The Balaban J connectivity index is 1.63. The van der Waals surface area contributed by atoms with E-state index in [0.717, 1.165) is 17.4 Å². The van der Waals surface area contributed by atoms with E-state index in [9.17, 15) is 14.4 Å². The molecule has 138 valence electrons. The normalized spacial score (nSPS) is 27.3. The molecule has 0 N–H and O–H groups in total. The van der Waals surface area contributed by atoms with Crippen molar-refractivity contribution >= 4 is 18.3 Å². The maximum Gasteiger partial charge on any atom is 0.411 e. The van der Waals surface area contributed by atoms with Gasteiger partial charge in [-0.1, -0.05) is 60.7 Å². The average Bonchev–Trinajstić information content (AvgIpc) is 3.08. The Kier molecular flexibility index (Phi) is 4.18. The lowest BCUT2D eigenvalue weighted by Gasteiger charge is -2.55. The largest absolute Gasteiger partial charge is 0.447 e. The van der Waals surface area contributed by atoms with E-state index in [1.54, 1.807) is 6.92 Å². The molecule has 2 fully saturated rings. The predicted octanol–water partition coefficient (Wildman–Crippen LogP) is 2.55. The molecular weight excluding hydrogens is 344 g/mol. The number of cyclic esters (lactones) is 1. The van der Waals surface area contributed by atoms with Crippen LogP contribution in [-0.2, 0) is 20.9 Å². The molecule has 2 aliphatic heterocycles. The summed E-state index contributed by atoms with van der Waals surface area (Å²) < 4.78 is 5.23. The number of nitrogens with zero attached hydrogens (tertiary/aromatic N) is 2. The summed E-state index contributed by atoms with van der Waals surface area (Å²) in [7, 11) is 0. The zero-order valence-corrected chi connectivity index (χ0v) is 14.9. The molecular formula is C21H20N2O4. The van der Waals surface area contributed by atoms with Gasteiger partial charge in [-0.2, -0.15) is 0 Å². The van der Waals surface area contributed by atoms with Gasteiger partial charge >= 0.3 is 6.09 Å². The lowest BCUT2D eigenvalue weighted by atomic mass is 9.79. The Hall–Kier alpha value is -3.15. The summed E-state index contributed by atoms with van der Waals surface area (Å²) in [6.07, 6.45) is 0.199. The molecule has 2 amide bonds. The Labute approximate surface area is 157 Å². The molecule has 2 aliphatic rings. The van der Waals surface area contributed by atoms with Crippen molar-refractivity contribution in [3.63, 3.8) is 0 Å². The molecule has 0 aromatic heterocycles. The van der Waals surface area contributed by atoms with Crippen LogP contribution in [0.4, 0.5) is 4.79 Å². The van der Waals surface area contributed by atoms with Gasteiger partial charge in [0.2, 0.25) is 5.91 Å². The van der Waals surface area contributed by atoms with Gasteiger partial charge in [-0.05, 0) is 18.1 Å². The first-order chi connectivity index (χ1) is 13.1. The first-order valence-corrected chi connectivity index (χ1v) is 8.88. The van der Waals surface area contributed by atoms with Crippen molar-refractivity contribution in [1.29, 1.82) is 0 Å². The molecule has 2 aromatic rings. The van der Waals surface area contributed by atoms with Gasteiger partial charge < -0.3 is 14.4 Å². The summed E-state index contributed by atoms with van der Waals surface area (Å²) in [6, 6.07) is 17.7. The Morgan fingerprint density at radius 2 is 1.70 bits per heavy atom. The van der Waals surface area contributed by atoms with Crippen LogP contribution in [0.1, 0.15) is 24.1 Å². The third-order valence-corrected chi connectivity index (χ3v) is 5.43. The van der Waals surface area contributed by atoms with Crippen molar-refractivity contribution in [1.82, 2.24) is 9.80 Å². The molecule has 0 bridgehead atoms. The number of hydrogen-bond donors (Lipinski definition) is 0. The molecule has 3 atom stereocenters. The van der Waals surface area contributed by atoms with Crippen LogP contribution in [0, 0.1) is 0 Å². The summed E-state index contributed by atoms with van der Waals surface area (Å²) in [5.41, 5.74) is 0.718. The number of carbonyl (C=O) groups excluding carboxylic acids is 3. The smallest absolute Gasteiger partial charge is 0.411 e. The third-order valence-electron chi connectivity index (χ3n) is 5.43. The highest BCUT2D eigenvalue weighted by Gasteiger charge is 2.63. The molecule has 0 spiro atoms.